The zero-order valence-electron chi connectivity index (χ0n) is 8.69. The molecule has 4 heteroatoms. The van der Waals surface area contributed by atoms with E-state index in [1.165, 1.54) is 0 Å². The monoisotopic (exact) mass is 208 g/mol. The predicted octanol–water partition coefficient (Wildman–Crippen LogP) is 1.10. The van der Waals surface area contributed by atoms with Gasteiger partial charge in [0.1, 0.15) is 12.4 Å². The van der Waals surface area contributed by atoms with E-state index in [4.69, 9.17) is 15.2 Å². The molecule has 0 aromatic carbocycles. The van der Waals surface area contributed by atoms with Gasteiger partial charge in [0.05, 0.1) is 12.3 Å². The number of hydrogen-bond acceptors (Lipinski definition) is 4. The minimum Gasteiger partial charge on any atom is -0.489 e. The van der Waals surface area contributed by atoms with Gasteiger partial charge in [-0.15, -0.1) is 0 Å². The third-order valence-electron chi connectivity index (χ3n) is 2.54. The van der Waals surface area contributed by atoms with Crippen LogP contribution in [0.1, 0.15) is 18.4 Å². The Labute approximate surface area is 89.4 Å². The quantitative estimate of drug-likeness (QED) is 0.805. The Balaban J connectivity index is 1.91. The minimum atomic E-state index is 0.232. The highest BCUT2D eigenvalue weighted by Crippen LogP contribution is 2.18. The fourth-order valence-electron chi connectivity index (χ4n) is 1.67. The van der Waals surface area contributed by atoms with Gasteiger partial charge in [-0.1, -0.05) is 0 Å². The first-order valence-electron chi connectivity index (χ1n) is 5.27. The Morgan fingerprint density at radius 2 is 2.53 bits per heavy atom. The van der Waals surface area contributed by atoms with Crippen LogP contribution in [0, 0.1) is 0 Å². The third-order valence-corrected chi connectivity index (χ3v) is 2.54. The van der Waals surface area contributed by atoms with Gasteiger partial charge in [-0.25, -0.2) is 0 Å². The van der Waals surface area contributed by atoms with Crippen molar-refractivity contribution in [2.45, 2.75) is 25.5 Å². The summed E-state index contributed by atoms with van der Waals surface area (Å²) in [6.45, 7) is 1.92. The van der Waals surface area contributed by atoms with E-state index in [2.05, 4.69) is 4.98 Å². The molecular weight excluding hydrogens is 192 g/mol. The molecule has 0 aliphatic carbocycles. The topological polar surface area (TPSA) is 57.4 Å². The number of aromatic nitrogens is 1. The summed E-state index contributed by atoms with van der Waals surface area (Å²) in [5, 5.41) is 0. The van der Waals surface area contributed by atoms with E-state index in [9.17, 15) is 0 Å². The van der Waals surface area contributed by atoms with Gasteiger partial charge in [0.2, 0.25) is 0 Å². The minimum absolute atomic E-state index is 0.232. The Bertz CT molecular complexity index is 311. The number of hydrogen-bond donors (Lipinski definition) is 1. The normalized spacial score (nSPS) is 20.5. The van der Waals surface area contributed by atoms with Crippen LogP contribution >= 0.6 is 0 Å². The van der Waals surface area contributed by atoms with Crippen LogP contribution in [0.5, 0.6) is 5.75 Å². The molecule has 1 aromatic rings. The van der Waals surface area contributed by atoms with Crippen molar-refractivity contribution < 1.29 is 9.47 Å². The molecule has 1 unspecified atom stereocenters. The first-order chi connectivity index (χ1) is 7.40. The lowest BCUT2D eigenvalue weighted by Crippen LogP contribution is -2.17. The van der Waals surface area contributed by atoms with E-state index >= 15 is 0 Å². The summed E-state index contributed by atoms with van der Waals surface area (Å²) < 4.78 is 11.1. The molecule has 0 spiro atoms. The largest absolute Gasteiger partial charge is 0.489 e. The van der Waals surface area contributed by atoms with Crippen LogP contribution in [0.15, 0.2) is 18.5 Å². The molecule has 1 fully saturated rings. The second-order valence-corrected chi connectivity index (χ2v) is 3.63. The molecule has 2 rings (SSSR count). The molecule has 1 aliphatic heterocycles. The van der Waals surface area contributed by atoms with Gasteiger partial charge in [0.15, 0.2) is 0 Å². The standard InChI is InChI=1S/C11H16N2O2/c12-6-9-3-4-13-7-11(9)15-8-10-2-1-5-14-10/h3-4,7,10H,1-2,5-6,8,12H2. The van der Waals surface area contributed by atoms with Crippen molar-refractivity contribution >= 4 is 0 Å². The molecule has 1 aliphatic rings. The van der Waals surface area contributed by atoms with Crippen molar-refractivity contribution in [3.05, 3.63) is 24.0 Å². The molecule has 15 heavy (non-hydrogen) atoms. The van der Waals surface area contributed by atoms with E-state index in [0.717, 1.165) is 30.8 Å². The fourth-order valence-corrected chi connectivity index (χ4v) is 1.67. The lowest BCUT2D eigenvalue weighted by atomic mass is 10.2. The Kier molecular flexibility index (Phi) is 3.53. The highest BCUT2D eigenvalue weighted by Gasteiger charge is 2.16. The highest BCUT2D eigenvalue weighted by atomic mass is 16.5. The summed E-state index contributed by atoms with van der Waals surface area (Å²) in [4.78, 5) is 4.02. The van der Waals surface area contributed by atoms with Gasteiger partial charge in [-0.2, -0.15) is 0 Å². The summed E-state index contributed by atoms with van der Waals surface area (Å²) in [7, 11) is 0. The Morgan fingerprint density at radius 3 is 3.27 bits per heavy atom. The second-order valence-electron chi connectivity index (χ2n) is 3.63. The SMILES string of the molecule is NCc1ccncc1OCC1CCCO1. The van der Waals surface area contributed by atoms with Gasteiger partial charge in [0.25, 0.3) is 0 Å². The van der Waals surface area contributed by atoms with E-state index < -0.39 is 0 Å². The third kappa shape index (κ3) is 2.67. The summed E-state index contributed by atoms with van der Waals surface area (Å²) in [5.74, 6) is 0.774. The first-order valence-corrected chi connectivity index (χ1v) is 5.27. The van der Waals surface area contributed by atoms with Crippen molar-refractivity contribution in [3.8, 4) is 5.75 Å². The van der Waals surface area contributed by atoms with Crippen LogP contribution < -0.4 is 10.5 Å². The van der Waals surface area contributed by atoms with Gasteiger partial charge in [-0.3, -0.25) is 4.98 Å². The van der Waals surface area contributed by atoms with E-state index in [1.54, 1.807) is 12.4 Å². The van der Waals surface area contributed by atoms with E-state index in [1.807, 2.05) is 6.07 Å². The van der Waals surface area contributed by atoms with Gasteiger partial charge >= 0.3 is 0 Å². The number of pyridine rings is 1. The molecule has 0 radical (unpaired) electrons. The van der Waals surface area contributed by atoms with Crippen LogP contribution in [0.4, 0.5) is 0 Å². The maximum atomic E-state index is 5.64. The van der Waals surface area contributed by atoms with Crippen molar-refractivity contribution in [3.63, 3.8) is 0 Å². The zero-order chi connectivity index (χ0) is 10.5. The molecule has 4 nitrogen and oxygen atoms in total. The Hall–Kier alpha value is -1.13. The van der Waals surface area contributed by atoms with Crippen molar-refractivity contribution in [2.24, 2.45) is 5.73 Å². The van der Waals surface area contributed by atoms with Crippen molar-refractivity contribution in [1.82, 2.24) is 4.98 Å². The maximum absolute atomic E-state index is 5.64. The zero-order valence-corrected chi connectivity index (χ0v) is 8.69. The molecule has 0 amide bonds. The van der Waals surface area contributed by atoms with Crippen LogP contribution in [-0.4, -0.2) is 24.3 Å². The molecule has 0 bridgehead atoms. The number of ether oxygens (including phenoxy) is 2. The predicted molar refractivity (Wildman–Crippen MR) is 56.6 cm³/mol. The summed E-state index contributed by atoms with van der Waals surface area (Å²) >= 11 is 0. The van der Waals surface area contributed by atoms with Gasteiger partial charge < -0.3 is 15.2 Å². The summed E-state index contributed by atoms with van der Waals surface area (Å²) in [6, 6.07) is 1.88. The molecule has 1 atom stereocenters. The average molecular weight is 208 g/mol. The van der Waals surface area contributed by atoms with Crippen molar-refractivity contribution in [2.75, 3.05) is 13.2 Å². The highest BCUT2D eigenvalue weighted by molar-refractivity contribution is 5.29. The molecule has 82 valence electrons. The number of nitrogens with zero attached hydrogens (tertiary/aromatic N) is 1. The summed E-state index contributed by atoms with van der Waals surface area (Å²) in [5.41, 5.74) is 6.58. The smallest absolute Gasteiger partial charge is 0.142 e. The maximum Gasteiger partial charge on any atom is 0.142 e. The second kappa shape index (κ2) is 5.09. The van der Waals surface area contributed by atoms with Crippen LogP contribution in [-0.2, 0) is 11.3 Å². The Morgan fingerprint density at radius 1 is 1.60 bits per heavy atom. The molecule has 1 aromatic heterocycles. The first kappa shape index (κ1) is 10.4. The van der Waals surface area contributed by atoms with Gasteiger partial charge in [-0.05, 0) is 18.9 Å². The fraction of sp³-hybridized carbons (Fsp3) is 0.545. The molecule has 1 saturated heterocycles. The molecule has 0 saturated carbocycles. The van der Waals surface area contributed by atoms with E-state index in [-0.39, 0.29) is 6.10 Å². The van der Waals surface area contributed by atoms with Crippen LogP contribution in [0.3, 0.4) is 0 Å². The van der Waals surface area contributed by atoms with Crippen LogP contribution in [0.2, 0.25) is 0 Å². The van der Waals surface area contributed by atoms with Crippen molar-refractivity contribution in [1.29, 1.82) is 0 Å². The summed E-state index contributed by atoms with van der Waals surface area (Å²) in [6.07, 6.45) is 5.87. The number of nitrogens with two attached hydrogens (primary N) is 1. The number of rotatable bonds is 4. The lowest BCUT2D eigenvalue weighted by Gasteiger charge is -2.13. The molecular formula is C11H16N2O2. The van der Waals surface area contributed by atoms with Gasteiger partial charge in [0, 0.05) is 24.9 Å². The van der Waals surface area contributed by atoms with E-state index in [0.29, 0.717) is 13.2 Å². The molecule has 2 heterocycles. The van der Waals surface area contributed by atoms with Crippen LogP contribution in [0.25, 0.3) is 0 Å². The molecule has 2 N–H and O–H groups in total. The lowest BCUT2D eigenvalue weighted by molar-refractivity contribution is 0.0675. The average Bonchev–Trinajstić information content (AvgIpc) is 2.79.